The summed E-state index contributed by atoms with van der Waals surface area (Å²) < 4.78 is 5.08. The summed E-state index contributed by atoms with van der Waals surface area (Å²) in [4.78, 5) is 12.1. The van der Waals surface area contributed by atoms with Gasteiger partial charge in [-0.2, -0.15) is 10.2 Å². The molecule has 0 saturated heterocycles. The van der Waals surface area contributed by atoms with Gasteiger partial charge in [-0.25, -0.2) is 0 Å². The van der Waals surface area contributed by atoms with Crippen molar-refractivity contribution in [1.29, 1.82) is 0 Å². The fourth-order valence-electron chi connectivity index (χ4n) is 1.57. The van der Waals surface area contributed by atoms with Crippen molar-refractivity contribution in [1.82, 2.24) is 15.5 Å². The number of alkyl halides is 1. The Bertz CT molecular complexity index is 406. The smallest absolute Gasteiger partial charge is 0.253 e. The first kappa shape index (κ1) is 15.0. The third-order valence-corrected chi connectivity index (χ3v) is 2.96. The zero-order chi connectivity index (χ0) is 13.5. The topological polar surface area (TPSA) is 64.1 Å². The summed E-state index contributed by atoms with van der Waals surface area (Å²) in [6.45, 7) is 4.08. The van der Waals surface area contributed by atoms with Crippen molar-refractivity contribution in [2.45, 2.75) is 26.3 Å². The third-order valence-electron chi connectivity index (χ3n) is 2.51. The molecule has 0 bridgehead atoms. The first-order chi connectivity index (χ1) is 8.58. The highest BCUT2D eigenvalue weighted by atomic mass is 79.9. The second-order valence-electron chi connectivity index (χ2n) is 4.09. The van der Waals surface area contributed by atoms with E-state index in [1.807, 2.05) is 6.92 Å². The maximum Gasteiger partial charge on any atom is 0.253 e. The minimum Gasteiger partial charge on any atom is -0.383 e. The molecule has 1 aromatic rings. The molecule has 0 fully saturated rings. The summed E-state index contributed by atoms with van der Waals surface area (Å²) in [5, 5.41) is 11.6. The van der Waals surface area contributed by atoms with Crippen molar-refractivity contribution >= 4 is 21.8 Å². The van der Waals surface area contributed by atoms with Crippen LogP contribution in [0.4, 0.5) is 0 Å². The van der Waals surface area contributed by atoms with Gasteiger partial charge < -0.3 is 10.1 Å². The van der Waals surface area contributed by atoms with Crippen LogP contribution in [0, 0.1) is 13.8 Å². The number of nitrogens with zero attached hydrogens (tertiary/aromatic N) is 2. The Balaban J connectivity index is 2.76. The normalized spacial score (nSPS) is 12.2. The predicted molar refractivity (Wildman–Crippen MR) is 73.0 cm³/mol. The lowest BCUT2D eigenvalue weighted by molar-refractivity contribution is 0.0894. The Labute approximate surface area is 115 Å². The van der Waals surface area contributed by atoms with Gasteiger partial charge in [0.05, 0.1) is 29.6 Å². The molecule has 0 radical (unpaired) electrons. The first-order valence-electron chi connectivity index (χ1n) is 5.75. The summed E-state index contributed by atoms with van der Waals surface area (Å²) in [6, 6.07) is 1.74. The van der Waals surface area contributed by atoms with E-state index in [0.717, 1.165) is 17.4 Å². The van der Waals surface area contributed by atoms with Crippen molar-refractivity contribution in [2.75, 3.05) is 19.0 Å². The molecule has 5 nitrogen and oxygen atoms in total. The fourth-order valence-corrected chi connectivity index (χ4v) is 2.13. The molecule has 6 heteroatoms. The summed E-state index contributed by atoms with van der Waals surface area (Å²) in [6.07, 6.45) is 0.816. The maximum absolute atomic E-state index is 12.1. The first-order valence-corrected chi connectivity index (χ1v) is 6.87. The lowest BCUT2D eigenvalue weighted by atomic mass is 10.1. The molecule has 1 aromatic heterocycles. The largest absolute Gasteiger partial charge is 0.383 e. The van der Waals surface area contributed by atoms with Crippen LogP contribution in [0.25, 0.3) is 0 Å². The number of methoxy groups -OCH3 is 1. The molecule has 1 atom stereocenters. The monoisotopic (exact) mass is 315 g/mol. The van der Waals surface area contributed by atoms with Crippen molar-refractivity contribution in [3.05, 3.63) is 23.0 Å². The number of aryl methyl sites for hydroxylation is 2. The molecule has 0 spiro atoms. The number of hydrogen-bond acceptors (Lipinski definition) is 4. The van der Waals surface area contributed by atoms with E-state index < -0.39 is 0 Å². The van der Waals surface area contributed by atoms with Crippen LogP contribution in [0.1, 0.15) is 28.2 Å². The highest BCUT2D eigenvalue weighted by Crippen LogP contribution is 2.06. The molecule has 1 N–H and O–H groups in total. The van der Waals surface area contributed by atoms with Gasteiger partial charge in [0, 0.05) is 12.4 Å². The minimum atomic E-state index is -0.131. The summed E-state index contributed by atoms with van der Waals surface area (Å²) >= 11 is 3.36. The summed E-state index contributed by atoms with van der Waals surface area (Å²) in [7, 11) is 1.62. The molecular weight excluding hydrogens is 298 g/mol. The molecule has 1 amide bonds. The molecule has 0 aliphatic heterocycles. The van der Waals surface area contributed by atoms with Gasteiger partial charge in [0.15, 0.2) is 0 Å². The number of aromatic nitrogens is 2. The van der Waals surface area contributed by atoms with Gasteiger partial charge in [-0.3, -0.25) is 4.79 Å². The molecule has 0 aliphatic carbocycles. The standard InChI is InChI=1S/C12H18BrN3O2/c1-8-6-11(9(2)16-15-8)12(17)14-10(4-5-13)7-18-3/h6,10H,4-5,7H2,1-3H3,(H,14,17). The van der Waals surface area contributed by atoms with Crippen molar-refractivity contribution in [3.8, 4) is 0 Å². The van der Waals surface area contributed by atoms with Crippen LogP contribution >= 0.6 is 15.9 Å². The Morgan fingerprint density at radius 2 is 2.22 bits per heavy atom. The number of amides is 1. The van der Waals surface area contributed by atoms with E-state index >= 15 is 0 Å². The Hall–Kier alpha value is -1.01. The van der Waals surface area contributed by atoms with Crippen LogP contribution < -0.4 is 5.32 Å². The molecule has 0 saturated carbocycles. The molecular formula is C12H18BrN3O2. The minimum absolute atomic E-state index is 0.00486. The van der Waals surface area contributed by atoms with Gasteiger partial charge in [0.25, 0.3) is 5.91 Å². The predicted octanol–water partition coefficient (Wildman–Crippen LogP) is 1.62. The van der Waals surface area contributed by atoms with Gasteiger partial charge in [0.2, 0.25) is 0 Å². The van der Waals surface area contributed by atoms with Gasteiger partial charge in [-0.15, -0.1) is 0 Å². The highest BCUT2D eigenvalue weighted by molar-refractivity contribution is 9.09. The zero-order valence-corrected chi connectivity index (χ0v) is 12.5. The zero-order valence-electron chi connectivity index (χ0n) is 10.9. The molecule has 0 aromatic carbocycles. The van der Waals surface area contributed by atoms with E-state index in [-0.39, 0.29) is 11.9 Å². The molecule has 0 aliphatic rings. The number of rotatable bonds is 6. The van der Waals surface area contributed by atoms with Crippen LogP contribution in [-0.4, -0.2) is 41.2 Å². The van der Waals surface area contributed by atoms with E-state index in [1.54, 1.807) is 20.1 Å². The molecule has 1 unspecified atom stereocenters. The number of carbonyl (C=O) groups excluding carboxylic acids is 1. The van der Waals surface area contributed by atoms with Gasteiger partial charge in [-0.1, -0.05) is 15.9 Å². The van der Waals surface area contributed by atoms with Crippen LogP contribution in [0.5, 0.6) is 0 Å². The molecule has 100 valence electrons. The Morgan fingerprint density at radius 3 is 2.83 bits per heavy atom. The van der Waals surface area contributed by atoms with Gasteiger partial charge in [-0.05, 0) is 26.3 Å². The summed E-state index contributed by atoms with van der Waals surface area (Å²) in [5.41, 5.74) is 1.93. The van der Waals surface area contributed by atoms with E-state index in [1.165, 1.54) is 0 Å². The van der Waals surface area contributed by atoms with E-state index in [0.29, 0.717) is 17.9 Å². The van der Waals surface area contributed by atoms with Gasteiger partial charge in [0.1, 0.15) is 0 Å². The molecule has 18 heavy (non-hydrogen) atoms. The lowest BCUT2D eigenvalue weighted by Crippen LogP contribution is -2.38. The Kier molecular flexibility index (Phi) is 6.21. The van der Waals surface area contributed by atoms with Crippen LogP contribution in [-0.2, 0) is 4.74 Å². The van der Waals surface area contributed by atoms with Crippen molar-refractivity contribution in [2.24, 2.45) is 0 Å². The highest BCUT2D eigenvalue weighted by Gasteiger charge is 2.16. The lowest BCUT2D eigenvalue weighted by Gasteiger charge is -2.17. The number of carbonyl (C=O) groups is 1. The number of ether oxygens (including phenoxy) is 1. The fraction of sp³-hybridized carbons (Fsp3) is 0.583. The number of nitrogens with one attached hydrogen (secondary N) is 1. The number of halogens is 1. The van der Waals surface area contributed by atoms with Crippen LogP contribution in [0.3, 0.4) is 0 Å². The average Bonchev–Trinajstić information content (AvgIpc) is 2.33. The van der Waals surface area contributed by atoms with Crippen LogP contribution in [0.15, 0.2) is 6.07 Å². The van der Waals surface area contributed by atoms with E-state index in [2.05, 4.69) is 31.4 Å². The second-order valence-corrected chi connectivity index (χ2v) is 4.88. The average molecular weight is 316 g/mol. The number of hydrogen-bond donors (Lipinski definition) is 1. The molecule has 1 rings (SSSR count). The SMILES string of the molecule is COCC(CCBr)NC(=O)c1cc(C)nnc1C. The summed E-state index contributed by atoms with van der Waals surface area (Å²) in [5.74, 6) is -0.131. The van der Waals surface area contributed by atoms with Crippen molar-refractivity contribution in [3.63, 3.8) is 0 Å². The quantitative estimate of drug-likeness (QED) is 0.810. The van der Waals surface area contributed by atoms with Crippen molar-refractivity contribution < 1.29 is 9.53 Å². The van der Waals surface area contributed by atoms with E-state index in [9.17, 15) is 4.79 Å². The molecule has 1 heterocycles. The van der Waals surface area contributed by atoms with E-state index in [4.69, 9.17) is 4.74 Å². The van der Waals surface area contributed by atoms with Gasteiger partial charge >= 0.3 is 0 Å². The Morgan fingerprint density at radius 1 is 1.50 bits per heavy atom. The third kappa shape index (κ3) is 4.34. The second kappa shape index (κ2) is 7.43. The maximum atomic E-state index is 12.1. The van der Waals surface area contributed by atoms with Crippen LogP contribution in [0.2, 0.25) is 0 Å².